The highest BCUT2D eigenvalue weighted by molar-refractivity contribution is 7.78. The van der Waals surface area contributed by atoms with E-state index in [9.17, 15) is 4.39 Å². The van der Waals surface area contributed by atoms with Crippen LogP contribution in [-0.4, -0.2) is 5.16 Å². The van der Waals surface area contributed by atoms with Gasteiger partial charge in [0.15, 0.2) is 5.82 Å². The molecule has 3 rings (SSSR count). The third kappa shape index (κ3) is 7.27. The average Bonchev–Trinajstić information content (AvgIpc) is 2.84. The van der Waals surface area contributed by atoms with E-state index in [1.807, 2.05) is 12.1 Å². The first-order valence-electron chi connectivity index (χ1n) is 11.3. The van der Waals surface area contributed by atoms with Crippen LogP contribution in [-0.2, 0) is 12.8 Å². The Labute approximate surface area is 201 Å². The molecule has 3 aromatic carbocycles. The lowest BCUT2D eigenvalue weighted by atomic mass is 10.0. The van der Waals surface area contributed by atoms with Gasteiger partial charge in [0.05, 0.1) is 5.16 Å². The minimum Gasteiger partial charge on any atom is -0.205 e. The Hall–Kier alpha value is -3.49. The highest BCUT2D eigenvalue weighted by Gasteiger charge is 2.02. The summed E-state index contributed by atoms with van der Waals surface area (Å²) in [6, 6.07) is 19.2. The maximum Gasteiger partial charge on any atom is 0.150 e. The van der Waals surface area contributed by atoms with Crippen molar-refractivity contribution in [2.24, 2.45) is 4.99 Å². The van der Waals surface area contributed by atoms with Gasteiger partial charge in [0.2, 0.25) is 0 Å². The van der Waals surface area contributed by atoms with E-state index in [4.69, 9.17) is 0 Å². The molecule has 0 saturated carbocycles. The molecule has 164 valence electrons. The van der Waals surface area contributed by atoms with Gasteiger partial charge in [0.1, 0.15) is 5.69 Å². The van der Waals surface area contributed by atoms with E-state index >= 15 is 0 Å². The molecule has 0 atom stereocenters. The zero-order chi connectivity index (χ0) is 23.5. The fourth-order valence-corrected chi connectivity index (χ4v) is 3.53. The normalized spacial score (nSPS) is 9.79. The van der Waals surface area contributed by atoms with Crippen LogP contribution in [0.3, 0.4) is 0 Å². The zero-order valence-electron chi connectivity index (χ0n) is 19.0. The Morgan fingerprint density at radius 2 is 1.45 bits per heavy atom. The van der Waals surface area contributed by atoms with Crippen LogP contribution in [0.1, 0.15) is 66.5 Å². The van der Waals surface area contributed by atoms with Crippen molar-refractivity contribution < 1.29 is 4.39 Å². The number of thiocarbonyl (C=S) groups is 1. The number of halogens is 1. The summed E-state index contributed by atoms with van der Waals surface area (Å²) >= 11 is 4.53. The Morgan fingerprint density at radius 1 is 0.788 bits per heavy atom. The Bertz CT molecular complexity index is 1280. The predicted molar refractivity (Wildman–Crippen MR) is 139 cm³/mol. The smallest absolute Gasteiger partial charge is 0.150 e. The molecular formula is C30H26FNS. The largest absolute Gasteiger partial charge is 0.205 e. The van der Waals surface area contributed by atoms with E-state index in [0.717, 1.165) is 35.1 Å². The maximum atomic E-state index is 14.0. The number of unbranched alkanes of at least 4 members (excludes halogenated alkanes) is 2. The van der Waals surface area contributed by atoms with Gasteiger partial charge >= 0.3 is 0 Å². The van der Waals surface area contributed by atoms with Crippen molar-refractivity contribution in [2.45, 2.75) is 46.0 Å². The van der Waals surface area contributed by atoms with Crippen molar-refractivity contribution in [3.8, 4) is 23.7 Å². The molecule has 0 aliphatic carbocycles. The molecule has 0 aromatic heterocycles. The standard InChI is InChI=1S/C30H26FNS/c1-3-5-6-7-23-8-10-24(11-9-23)12-13-25-14-17-28(27(4-2)20-25)18-15-26-16-19-30(32-22-33)29(31)21-26/h8-11,14,16-17,19-21H,3-7H2,1-2H3. The number of aliphatic imine (C=N–C) groups is 1. The number of hydrogen-bond donors (Lipinski definition) is 0. The fraction of sp³-hybridized carbons (Fsp3) is 0.233. The van der Waals surface area contributed by atoms with Gasteiger partial charge in [0, 0.05) is 22.3 Å². The summed E-state index contributed by atoms with van der Waals surface area (Å²) in [4.78, 5) is 3.69. The van der Waals surface area contributed by atoms with Crippen molar-refractivity contribution in [1.29, 1.82) is 0 Å². The number of hydrogen-bond acceptors (Lipinski definition) is 2. The second-order valence-corrected chi connectivity index (χ2v) is 7.93. The molecule has 1 nitrogen and oxygen atoms in total. The first kappa shape index (κ1) is 24.2. The van der Waals surface area contributed by atoms with Gasteiger partial charge < -0.3 is 0 Å². The maximum absolute atomic E-state index is 14.0. The summed E-state index contributed by atoms with van der Waals surface area (Å²) in [5.74, 6) is 12.2. The third-order valence-electron chi connectivity index (χ3n) is 5.32. The zero-order valence-corrected chi connectivity index (χ0v) is 19.9. The Morgan fingerprint density at radius 3 is 2.15 bits per heavy atom. The summed E-state index contributed by atoms with van der Waals surface area (Å²) < 4.78 is 14.0. The van der Waals surface area contributed by atoms with Gasteiger partial charge in [-0.05, 0) is 91.1 Å². The minimum atomic E-state index is -0.463. The lowest BCUT2D eigenvalue weighted by Gasteiger charge is -2.03. The van der Waals surface area contributed by atoms with Crippen LogP contribution in [0, 0.1) is 29.5 Å². The molecule has 3 aromatic rings. The molecule has 0 N–H and O–H groups in total. The molecule has 0 heterocycles. The molecule has 0 aliphatic heterocycles. The van der Waals surface area contributed by atoms with Crippen LogP contribution < -0.4 is 0 Å². The van der Waals surface area contributed by atoms with E-state index in [0.29, 0.717) is 5.56 Å². The molecule has 3 heteroatoms. The van der Waals surface area contributed by atoms with Gasteiger partial charge in [-0.25, -0.2) is 4.39 Å². The van der Waals surface area contributed by atoms with Gasteiger partial charge in [-0.2, -0.15) is 4.99 Å². The topological polar surface area (TPSA) is 12.4 Å². The molecule has 0 bridgehead atoms. The second-order valence-electron chi connectivity index (χ2n) is 7.75. The van der Waals surface area contributed by atoms with Crippen LogP contribution in [0.4, 0.5) is 10.1 Å². The van der Waals surface area contributed by atoms with E-state index < -0.39 is 5.82 Å². The monoisotopic (exact) mass is 451 g/mol. The number of rotatable bonds is 6. The second kappa shape index (κ2) is 12.5. The molecule has 0 aliphatic rings. The minimum absolute atomic E-state index is 0.166. The number of benzene rings is 3. The van der Waals surface area contributed by atoms with Crippen LogP contribution in [0.2, 0.25) is 0 Å². The van der Waals surface area contributed by atoms with Crippen molar-refractivity contribution in [1.82, 2.24) is 0 Å². The summed E-state index contributed by atoms with van der Waals surface area (Å²) in [5, 5.41) is 2.18. The van der Waals surface area contributed by atoms with Crippen molar-refractivity contribution in [2.75, 3.05) is 0 Å². The highest BCUT2D eigenvalue weighted by atomic mass is 32.1. The summed E-state index contributed by atoms with van der Waals surface area (Å²) in [6.45, 7) is 4.31. The van der Waals surface area contributed by atoms with E-state index in [1.165, 1.54) is 30.9 Å². The van der Waals surface area contributed by atoms with Crippen LogP contribution in [0.15, 0.2) is 65.7 Å². The molecule has 0 spiro atoms. The van der Waals surface area contributed by atoms with Gasteiger partial charge in [-0.1, -0.05) is 62.5 Å². The van der Waals surface area contributed by atoms with Crippen LogP contribution in [0.25, 0.3) is 0 Å². The van der Waals surface area contributed by atoms with Crippen LogP contribution >= 0.6 is 12.2 Å². The molecular weight excluding hydrogens is 425 g/mol. The molecule has 0 saturated heterocycles. The quantitative estimate of drug-likeness (QED) is 0.162. The molecule has 0 amide bonds. The lowest BCUT2D eigenvalue weighted by Crippen LogP contribution is -1.90. The first-order chi connectivity index (χ1) is 16.1. The number of nitrogens with zero attached hydrogens (tertiary/aromatic N) is 1. The van der Waals surface area contributed by atoms with E-state index in [-0.39, 0.29) is 5.69 Å². The molecule has 33 heavy (non-hydrogen) atoms. The van der Waals surface area contributed by atoms with E-state index in [2.05, 4.69) is 90.2 Å². The molecule has 0 fully saturated rings. The van der Waals surface area contributed by atoms with Crippen molar-refractivity contribution in [3.63, 3.8) is 0 Å². The SMILES string of the molecule is CCCCCc1ccc(C#Cc2ccc(C#Cc3ccc(N=C=S)c(F)c3)c(CC)c2)cc1. The van der Waals surface area contributed by atoms with Crippen molar-refractivity contribution in [3.05, 3.63) is 99.9 Å². The molecule has 0 radical (unpaired) electrons. The Balaban J connectivity index is 1.74. The van der Waals surface area contributed by atoms with Gasteiger partial charge in [-0.3, -0.25) is 0 Å². The first-order valence-corrected chi connectivity index (χ1v) is 11.7. The lowest BCUT2D eigenvalue weighted by molar-refractivity contribution is 0.629. The third-order valence-corrected chi connectivity index (χ3v) is 5.41. The Kier molecular flexibility index (Phi) is 9.17. The van der Waals surface area contributed by atoms with Crippen molar-refractivity contribution >= 4 is 23.1 Å². The van der Waals surface area contributed by atoms with E-state index in [1.54, 1.807) is 12.1 Å². The fourth-order valence-electron chi connectivity index (χ4n) is 3.43. The predicted octanol–water partition coefficient (Wildman–Crippen LogP) is 7.65. The summed E-state index contributed by atoms with van der Waals surface area (Å²) in [6.07, 6.45) is 5.71. The van der Waals surface area contributed by atoms with Gasteiger partial charge in [-0.15, -0.1) is 0 Å². The molecule has 0 unspecified atom stereocenters. The number of aryl methyl sites for hydroxylation is 2. The average molecular weight is 452 g/mol. The van der Waals surface area contributed by atoms with Gasteiger partial charge in [0.25, 0.3) is 0 Å². The number of isothiocyanates is 1. The summed E-state index contributed by atoms with van der Waals surface area (Å²) in [5.41, 5.74) is 6.12. The summed E-state index contributed by atoms with van der Waals surface area (Å²) in [7, 11) is 0. The van der Waals surface area contributed by atoms with Crippen LogP contribution in [0.5, 0.6) is 0 Å². The highest BCUT2D eigenvalue weighted by Crippen LogP contribution is 2.18.